The van der Waals surface area contributed by atoms with Crippen LogP contribution in [0.15, 0.2) is 24.3 Å². The number of nitrogens with one attached hydrogen (secondary N) is 1. The predicted octanol–water partition coefficient (Wildman–Crippen LogP) is 4.36. The summed E-state index contributed by atoms with van der Waals surface area (Å²) in [7, 11) is 1.40. The number of fused-ring (bicyclic) bond motifs is 1. The summed E-state index contributed by atoms with van der Waals surface area (Å²) < 4.78 is 10.5. The third-order valence-electron chi connectivity index (χ3n) is 6.77. The lowest BCUT2D eigenvalue weighted by Crippen LogP contribution is -2.52. The topological polar surface area (TPSA) is 111 Å². The third-order valence-corrected chi connectivity index (χ3v) is 6.77. The smallest absolute Gasteiger partial charge is 0.410 e. The molecule has 0 radical (unpaired) electrons. The molecule has 3 atom stereocenters. The van der Waals surface area contributed by atoms with Gasteiger partial charge >= 0.3 is 12.2 Å². The van der Waals surface area contributed by atoms with E-state index in [1.54, 1.807) is 4.90 Å². The number of benzene rings is 1. The highest BCUT2D eigenvalue weighted by atomic mass is 16.6. The maximum absolute atomic E-state index is 12.3. The largest absolute Gasteiger partial charge is 0.453 e. The lowest BCUT2D eigenvalue weighted by Gasteiger charge is -2.29. The van der Waals surface area contributed by atoms with Gasteiger partial charge in [0.15, 0.2) is 0 Å². The summed E-state index contributed by atoms with van der Waals surface area (Å²) in [6.07, 6.45) is 7.04. The van der Waals surface area contributed by atoms with Crippen LogP contribution in [0.5, 0.6) is 0 Å². The number of unbranched alkanes of at least 4 members (excludes halogenated alkanes) is 1. The van der Waals surface area contributed by atoms with Crippen molar-refractivity contribution in [2.45, 2.75) is 78.1 Å². The fourth-order valence-electron chi connectivity index (χ4n) is 4.59. The number of carbonyl (C=O) groups excluding carboxylic acids is 3. The minimum Gasteiger partial charge on any atom is -0.453 e. The van der Waals surface area contributed by atoms with Crippen LogP contribution in [0.4, 0.5) is 9.59 Å². The van der Waals surface area contributed by atoms with Crippen molar-refractivity contribution in [3.8, 4) is 0 Å². The van der Waals surface area contributed by atoms with Gasteiger partial charge in [-0.25, -0.2) is 9.59 Å². The third kappa shape index (κ3) is 6.10. The van der Waals surface area contributed by atoms with Crippen LogP contribution in [0.1, 0.15) is 70.1 Å². The first-order valence-corrected chi connectivity index (χ1v) is 11.8. The lowest BCUT2D eigenvalue weighted by atomic mass is 9.86. The van der Waals surface area contributed by atoms with E-state index in [1.165, 1.54) is 12.7 Å². The van der Waals surface area contributed by atoms with Crippen LogP contribution in [0.25, 0.3) is 6.08 Å². The number of ether oxygens (including phenoxy) is 2. The first-order chi connectivity index (χ1) is 15.9. The molecule has 0 bridgehead atoms. The highest BCUT2D eigenvalue weighted by Crippen LogP contribution is 2.49. The van der Waals surface area contributed by atoms with Crippen LogP contribution in [0.2, 0.25) is 0 Å². The molecule has 186 valence electrons. The molecular weight excluding hydrogens is 434 g/mol. The monoisotopic (exact) mass is 471 g/mol. The predicted molar refractivity (Wildman–Crippen MR) is 130 cm³/mol. The van der Waals surface area contributed by atoms with Gasteiger partial charge in [-0.2, -0.15) is 0 Å². The summed E-state index contributed by atoms with van der Waals surface area (Å²) in [5.41, 5.74) is 7.90. The molecule has 8 heteroatoms. The van der Waals surface area contributed by atoms with Gasteiger partial charge in [0, 0.05) is 12.5 Å². The van der Waals surface area contributed by atoms with Gasteiger partial charge in [0.25, 0.3) is 0 Å². The zero-order valence-electron chi connectivity index (χ0n) is 20.8. The number of nitrogens with zero attached hydrogens (tertiary/aromatic N) is 1. The Morgan fingerprint density at radius 3 is 2.68 bits per heavy atom. The first-order valence-electron chi connectivity index (χ1n) is 11.8. The van der Waals surface area contributed by atoms with Crippen LogP contribution < -0.4 is 11.1 Å². The standard InChI is InChI=1S/C26H37N3O5/c1-25(2,3)21(22(27)30)28-23(31)34-26(4)14-19(26)13-8-6-7-10-17-11-9-12-18-15-29(16-20(17)18)24(32)33-5/h7,9-12,19,21H,6,8,13-16H2,1-5H3,(H2,27,30)(H,28,31)/b10-7+/t19-,21-,26-/m1/s1. The molecule has 0 unspecified atom stereocenters. The Balaban J connectivity index is 1.43. The number of carbonyl (C=O) groups is 3. The molecule has 1 fully saturated rings. The maximum Gasteiger partial charge on any atom is 0.410 e. The van der Waals surface area contributed by atoms with Gasteiger partial charge in [-0.1, -0.05) is 51.1 Å². The lowest BCUT2D eigenvalue weighted by molar-refractivity contribution is -0.122. The quantitative estimate of drug-likeness (QED) is 0.548. The molecule has 0 spiro atoms. The van der Waals surface area contributed by atoms with E-state index >= 15 is 0 Å². The Hall–Kier alpha value is -3.03. The van der Waals surface area contributed by atoms with Crippen molar-refractivity contribution in [2.24, 2.45) is 17.1 Å². The number of methoxy groups -OCH3 is 1. The molecule has 8 nitrogen and oxygen atoms in total. The second kappa shape index (κ2) is 10.1. The summed E-state index contributed by atoms with van der Waals surface area (Å²) in [6.45, 7) is 8.61. The molecule has 1 aliphatic heterocycles. The summed E-state index contributed by atoms with van der Waals surface area (Å²) in [4.78, 5) is 37.5. The van der Waals surface area contributed by atoms with E-state index in [0.717, 1.165) is 36.8 Å². The molecule has 1 aliphatic carbocycles. The van der Waals surface area contributed by atoms with Crippen LogP contribution in [-0.4, -0.2) is 41.7 Å². The van der Waals surface area contributed by atoms with Gasteiger partial charge in [-0.15, -0.1) is 0 Å². The van der Waals surface area contributed by atoms with Crippen LogP contribution >= 0.6 is 0 Å². The highest BCUT2D eigenvalue weighted by molar-refractivity contribution is 5.85. The molecule has 1 aromatic rings. The van der Waals surface area contributed by atoms with Crippen LogP contribution in [0.3, 0.4) is 0 Å². The van der Waals surface area contributed by atoms with Crippen molar-refractivity contribution >= 4 is 24.2 Å². The SMILES string of the molecule is COC(=O)N1Cc2cccc(/C=C/CCC[C@@H]3C[C@@]3(C)OC(=O)N[C@H](C(N)=O)C(C)(C)C)c2C1. The Kier molecular flexibility index (Phi) is 7.58. The van der Waals surface area contributed by atoms with Gasteiger partial charge in [0.1, 0.15) is 11.6 Å². The minimum atomic E-state index is -0.787. The molecule has 1 aromatic carbocycles. The zero-order valence-corrected chi connectivity index (χ0v) is 20.8. The molecule has 3 amide bonds. The second-order valence-corrected chi connectivity index (χ2v) is 10.6. The fourth-order valence-corrected chi connectivity index (χ4v) is 4.59. The Morgan fingerprint density at radius 2 is 2.03 bits per heavy atom. The van der Waals surface area contributed by atoms with E-state index in [9.17, 15) is 14.4 Å². The number of alkyl carbamates (subject to hydrolysis) is 1. The number of hydrogen-bond acceptors (Lipinski definition) is 5. The van der Waals surface area contributed by atoms with Crippen LogP contribution in [-0.2, 0) is 27.4 Å². The Labute approximate surface area is 201 Å². The molecule has 1 heterocycles. The van der Waals surface area contributed by atoms with Crippen molar-refractivity contribution in [3.05, 3.63) is 41.0 Å². The number of nitrogens with two attached hydrogens (primary N) is 1. The Bertz CT molecular complexity index is 968. The number of primary amides is 1. The van der Waals surface area contributed by atoms with Crippen molar-refractivity contribution in [2.75, 3.05) is 7.11 Å². The number of allylic oxidation sites excluding steroid dienone is 1. The summed E-state index contributed by atoms with van der Waals surface area (Å²) >= 11 is 0. The van der Waals surface area contributed by atoms with Crippen molar-refractivity contribution in [1.29, 1.82) is 0 Å². The van der Waals surface area contributed by atoms with E-state index < -0.39 is 29.1 Å². The van der Waals surface area contributed by atoms with Crippen molar-refractivity contribution in [3.63, 3.8) is 0 Å². The molecule has 2 aliphatic rings. The second-order valence-electron chi connectivity index (χ2n) is 10.6. The van der Waals surface area contributed by atoms with E-state index in [-0.39, 0.29) is 6.09 Å². The zero-order chi connectivity index (χ0) is 25.1. The van der Waals surface area contributed by atoms with Gasteiger partial charge in [-0.3, -0.25) is 9.69 Å². The van der Waals surface area contributed by atoms with Crippen molar-refractivity contribution < 1.29 is 23.9 Å². The first kappa shape index (κ1) is 25.6. The molecule has 0 saturated heterocycles. The van der Waals surface area contributed by atoms with Crippen LogP contribution in [0, 0.1) is 11.3 Å². The van der Waals surface area contributed by atoms with E-state index in [0.29, 0.717) is 19.0 Å². The number of rotatable bonds is 8. The average molecular weight is 472 g/mol. The molecule has 0 aromatic heterocycles. The fraction of sp³-hybridized carbons (Fsp3) is 0.577. The minimum absolute atomic E-state index is 0.307. The summed E-state index contributed by atoms with van der Waals surface area (Å²) in [6, 6.07) is 5.34. The van der Waals surface area contributed by atoms with Crippen molar-refractivity contribution in [1.82, 2.24) is 10.2 Å². The molecule has 3 N–H and O–H groups in total. The normalized spacial score (nSPS) is 22.3. The number of amides is 3. The van der Waals surface area contributed by atoms with Gasteiger partial charge in [0.05, 0.1) is 13.7 Å². The molecule has 34 heavy (non-hydrogen) atoms. The molecular formula is C26H37N3O5. The highest BCUT2D eigenvalue weighted by Gasteiger charge is 2.53. The van der Waals surface area contributed by atoms with Gasteiger partial charge in [0.2, 0.25) is 5.91 Å². The average Bonchev–Trinajstić information content (AvgIpc) is 3.18. The Morgan fingerprint density at radius 1 is 1.29 bits per heavy atom. The summed E-state index contributed by atoms with van der Waals surface area (Å²) in [5.74, 6) is -0.265. The number of hydrogen-bond donors (Lipinski definition) is 2. The van der Waals surface area contributed by atoms with E-state index in [2.05, 4.69) is 23.5 Å². The van der Waals surface area contributed by atoms with Gasteiger partial charge < -0.3 is 20.5 Å². The molecule has 1 saturated carbocycles. The van der Waals surface area contributed by atoms with Gasteiger partial charge in [-0.05, 0) is 54.7 Å². The van der Waals surface area contributed by atoms with E-state index in [1.807, 2.05) is 39.8 Å². The van der Waals surface area contributed by atoms with E-state index in [4.69, 9.17) is 15.2 Å². The maximum atomic E-state index is 12.3. The molecule has 3 rings (SSSR count). The summed E-state index contributed by atoms with van der Waals surface area (Å²) in [5, 5.41) is 2.62.